The highest BCUT2D eigenvalue weighted by Crippen LogP contribution is 2.30. The summed E-state index contributed by atoms with van der Waals surface area (Å²) in [5.74, 6) is -0.747. The average molecular weight is 464 g/mol. The smallest absolute Gasteiger partial charge is 0.272 e. The lowest BCUT2D eigenvalue weighted by atomic mass is 9.85. The number of nitrogens with one attached hydrogen (secondary N) is 1. The SMILES string of the molecule is CN1CCCn2c(-c3ccc(Cl)cc3F)nc(C(=O)NC(C(=O)N(C)C)C(C)(C)C)c2C1. The van der Waals surface area contributed by atoms with E-state index in [0.717, 1.165) is 13.0 Å². The maximum atomic E-state index is 14.8. The van der Waals surface area contributed by atoms with Gasteiger partial charge >= 0.3 is 0 Å². The number of carbonyl (C=O) groups excluding carboxylic acids is 2. The quantitative estimate of drug-likeness (QED) is 0.754. The standard InChI is InChI=1S/C23H31ClFN5O2/c1-23(2,3)19(22(32)28(4)5)27-21(31)18-17-13-29(6)10-7-11-30(17)20(26-18)15-9-8-14(24)12-16(15)25/h8-9,12,19H,7,10-11,13H2,1-6H3,(H,27,31). The van der Waals surface area contributed by atoms with Crippen LogP contribution in [0.15, 0.2) is 18.2 Å². The van der Waals surface area contributed by atoms with Gasteiger partial charge in [0.1, 0.15) is 17.7 Å². The van der Waals surface area contributed by atoms with Crippen molar-refractivity contribution in [1.82, 2.24) is 24.7 Å². The van der Waals surface area contributed by atoms with E-state index in [1.807, 2.05) is 32.4 Å². The molecule has 1 atom stereocenters. The van der Waals surface area contributed by atoms with Gasteiger partial charge in [-0.25, -0.2) is 9.37 Å². The zero-order valence-electron chi connectivity index (χ0n) is 19.5. The molecule has 3 rings (SSSR count). The van der Waals surface area contributed by atoms with E-state index < -0.39 is 23.2 Å². The summed E-state index contributed by atoms with van der Waals surface area (Å²) in [5, 5.41) is 3.18. The molecule has 7 nitrogen and oxygen atoms in total. The second kappa shape index (κ2) is 9.19. The third-order valence-corrected chi connectivity index (χ3v) is 5.87. The maximum Gasteiger partial charge on any atom is 0.272 e. The van der Waals surface area contributed by atoms with Crippen LogP contribution >= 0.6 is 11.6 Å². The van der Waals surface area contributed by atoms with Crippen LogP contribution < -0.4 is 5.32 Å². The zero-order chi connectivity index (χ0) is 23.8. The van der Waals surface area contributed by atoms with Crippen molar-refractivity contribution < 1.29 is 14.0 Å². The summed E-state index contributed by atoms with van der Waals surface area (Å²) in [7, 11) is 5.29. The maximum absolute atomic E-state index is 14.8. The van der Waals surface area contributed by atoms with Gasteiger partial charge in [0.05, 0.1) is 11.3 Å². The van der Waals surface area contributed by atoms with Crippen LogP contribution in [0, 0.1) is 11.2 Å². The third-order valence-electron chi connectivity index (χ3n) is 5.63. The summed E-state index contributed by atoms with van der Waals surface area (Å²) in [6, 6.07) is 3.70. The second-order valence-electron chi connectivity index (χ2n) is 9.60. The lowest BCUT2D eigenvalue weighted by Crippen LogP contribution is -2.53. The first-order valence-electron chi connectivity index (χ1n) is 10.7. The number of nitrogens with zero attached hydrogens (tertiary/aromatic N) is 4. The molecule has 0 saturated heterocycles. The Balaban J connectivity index is 2.08. The van der Waals surface area contributed by atoms with E-state index in [1.165, 1.54) is 11.0 Å². The van der Waals surface area contributed by atoms with E-state index in [-0.39, 0.29) is 17.2 Å². The number of likely N-dealkylation sites (N-methyl/N-ethyl adjacent to an activating group) is 1. The molecule has 0 spiro atoms. The molecular formula is C23H31ClFN5O2. The van der Waals surface area contributed by atoms with Crippen molar-refractivity contribution in [2.24, 2.45) is 5.41 Å². The van der Waals surface area contributed by atoms with E-state index in [9.17, 15) is 14.0 Å². The van der Waals surface area contributed by atoms with Crippen LogP contribution in [0.25, 0.3) is 11.4 Å². The van der Waals surface area contributed by atoms with E-state index in [0.29, 0.717) is 29.6 Å². The number of carbonyl (C=O) groups is 2. The van der Waals surface area contributed by atoms with Crippen molar-refractivity contribution in [3.63, 3.8) is 0 Å². The van der Waals surface area contributed by atoms with Gasteiger partial charge in [0, 0.05) is 32.2 Å². The predicted octanol–water partition coefficient (Wildman–Crippen LogP) is 3.41. The second-order valence-corrected chi connectivity index (χ2v) is 10.0. The van der Waals surface area contributed by atoms with Crippen LogP contribution in [0.3, 0.4) is 0 Å². The molecule has 0 radical (unpaired) electrons. The zero-order valence-corrected chi connectivity index (χ0v) is 20.3. The number of rotatable bonds is 4. The normalized spacial score (nSPS) is 15.6. The molecule has 174 valence electrons. The van der Waals surface area contributed by atoms with Gasteiger partial charge in [0.25, 0.3) is 5.91 Å². The number of aromatic nitrogens is 2. The molecule has 0 bridgehead atoms. The van der Waals surface area contributed by atoms with Gasteiger partial charge in [-0.15, -0.1) is 0 Å². The van der Waals surface area contributed by atoms with Gasteiger partial charge in [0.2, 0.25) is 5.91 Å². The first-order valence-corrected chi connectivity index (χ1v) is 11.0. The minimum Gasteiger partial charge on any atom is -0.347 e. The van der Waals surface area contributed by atoms with Crippen LogP contribution in [0.2, 0.25) is 5.02 Å². The summed E-state index contributed by atoms with van der Waals surface area (Å²) in [5.41, 5.74) is 0.701. The summed E-state index contributed by atoms with van der Waals surface area (Å²) in [6.07, 6.45) is 0.840. The molecule has 1 aliphatic rings. The highest BCUT2D eigenvalue weighted by molar-refractivity contribution is 6.30. The number of amides is 2. The molecule has 2 amide bonds. The van der Waals surface area contributed by atoms with Gasteiger partial charge in [0.15, 0.2) is 5.69 Å². The fourth-order valence-electron chi connectivity index (χ4n) is 3.89. The molecule has 1 unspecified atom stereocenters. The van der Waals surface area contributed by atoms with Crippen molar-refractivity contribution in [2.45, 2.75) is 46.3 Å². The molecular weight excluding hydrogens is 433 g/mol. The fraction of sp³-hybridized carbons (Fsp3) is 0.522. The molecule has 0 fully saturated rings. The first kappa shape index (κ1) is 24.2. The van der Waals surface area contributed by atoms with E-state index in [4.69, 9.17) is 11.6 Å². The van der Waals surface area contributed by atoms with Crippen LogP contribution in [0.5, 0.6) is 0 Å². The van der Waals surface area contributed by atoms with Gasteiger partial charge in [-0.1, -0.05) is 32.4 Å². The van der Waals surface area contributed by atoms with Gasteiger partial charge in [-0.05, 0) is 43.6 Å². The minimum absolute atomic E-state index is 0.197. The molecule has 2 aromatic rings. The van der Waals surface area contributed by atoms with E-state index in [1.54, 1.807) is 26.2 Å². The molecule has 1 aromatic heterocycles. The van der Waals surface area contributed by atoms with Crippen LogP contribution in [0.4, 0.5) is 4.39 Å². The molecule has 0 saturated carbocycles. The number of hydrogen-bond acceptors (Lipinski definition) is 4. The van der Waals surface area contributed by atoms with E-state index >= 15 is 0 Å². The Morgan fingerprint density at radius 1 is 1.25 bits per heavy atom. The third kappa shape index (κ3) is 4.96. The van der Waals surface area contributed by atoms with Crippen LogP contribution in [-0.4, -0.2) is 64.9 Å². The molecule has 9 heteroatoms. The van der Waals surface area contributed by atoms with Crippen molar-refractivity contribution in [3.8, 4) is 11.4 Å². The molecule has 1 N–H and O–H groups in total. The largest absolute Gasteiger partial charge is 0.347 e. The highest BCUT2D eigenvalue weighted by atomic mass is 35.5. The van der Waals surface area contributed by atoms with Crippen LogP contribution in [-0.2, 0) is 17.9 Å². The average Bonchev–Trinajstić information content (AvgIpc) is 2.90. The predicted molar refractivity (Wildman–Crippen MR) is 123 cm³/mol. The number of benzene rings is 1. The molecule has 2 heterocycles. The monoisotopic (exact) mass is 463 g/mol. The Morgan fingerprint density at radius 2 is 1.94 bits per heavy atom. The summed E-state index contributed by atoms with van der Waals surface area (Å²) >= 11 is 5.93. The molecule has 1 aromatic carbocycles. The van der Waals surface area contributed by atoms with Gasteiger partial charge < -0.3 is 19.7 Å². The Labute approximate surface area is 193 Å². The Morgan fingerprint density at radius 3 is 2.53 bits per heavy atom. The summed E-state index contributed by atoms with van der Waals surface area (Å²) < 4.78 is 16.7. The number of fused-ring (bicyclic) bond motifs is 1. The lowest BCUT2D eigenvalue weighted by molar-refractivity contribution is -0.133. The molecule has 32 heavy (non-hydrogen) atoms. The summed E-state index contributed by atoms with van der Waals surface area (Å²) in [4.78, 5) is 34.3. The number of hydrogen-bond donors (Lipinski definition) is 1. The van der Waals surface area contributed by atoms with Crippen molar-refractivity contribution in [3.05, 3.63) is 40.4 Å². The van der Waals surface area contributed by atoms with E-state index in [2.05, 4.69) is 15.2 Å². The Kier molecular flexibility index (Phi) is 6.95. The fourth-order valence-corrected chi connectivity index (χ4v) is 4.04. The summed E-state index contributed by atoms with van der Waals surface area (Å²) in [6.45, 7) is 7.64. The van der Waals surface area contributed by atoms with Gasteiger partial charge in [-0.2, -0.15) is 0 Å². The lowest BCUT2D eigenvalue weighted by Gasteiger charge is -2.32. The number of halogens is 2. The molecule has 0 aliphatic carbocycles. The minimum atomic E-state index is -0.735. The Bertz CT molecular complexity index is 1030. The van der Waals surface area contributed by atoms with Crippen molar-refractivity contribution >= 4 is 23.4 Å². The highest BCUT2D eigenvalue weighted by Gasteiger charge is 2.36. The van der Waals surface area contributed by atoms with Crippen molar-refractivity contribution in [2.75, 3.05) is 27.7 Å². The number of imidazole rings is 1. The van der Waals surface area contributed by atoms with Gasteiger partial charge in [-0.3, -0.25) is 9.59 Å². The first-order chi connectivity index (χ1) is 14.9. The van der Waals surface area contributed by atoms with Crippen molar-refractivity contribution in [1.29, 1.82) is 0 Å². The Hall–Kier alpha value is -2.45. The topological polar surface area (TPSA) is 70.5 Å². The van der Waals surface area contributed by atoms with Crippen LogP contribution in [0.1, 0.15) is 43.4 Å². The molecule has 1 aliphatic heterocycles.